The van der Waals surface area contributed by atoms with Crippen molar-refractivity contribution >= 4 is 51.4 Å². The Labute approximate surface area is 183 Å². The molecular formula is C21H19N3O4S2. The highest BCUT2D eigenvalue weighted by molar-refractivity contribution is 7.80. The van der Waals surface area contributed by atoms with E-state index in [1.807, 2.05) is 53.9 Å². The fraction of sp³-hybridized carbons (Fsp3) is 0.0952. The number of carbonyl (C=O) groups excluding carboxylic acids is 2. The van der Waals surface area contributed by atoms with Crippen LogP contribution < -0.4 is 20.7 Å². The van der Waals surface area contributed by atoms with Crippen LogP contribution in [-0.4, -0.2) is 30.8 Å². The van der Waals surface area contributed by atoms with Crippen LogP contribution in [0.5, 0.6) is 5.75 Å². The first-order chi connectivity index (χ1) is 14.6. The Morgan fingerprint density at radius 3 is 2.33 bits per heavy atom. The van der Waals surface area contributed by atoms with Crippen molar-refractivity contribution in [1.82, 2.24) is 5.32 Å². The SMILES string of the molecule is COC(=O)NC(=S)Nc1scc(-c2ccccc2)c1NC(=O)COc1ccccc1. The number of nitrogens with one attached hydrogen (secondary N) is 3. The zero-order valence-electron chi connectivity index (χ0n) is 16.0. The van der Waals surface area contributed by atoms with Gasteiger partial charge in [-0.2, -0.15) is 0 Å². The Morgan fingerprint density at radius 1 is 1.00 bits per heavy atom. The van der Waals surface area contributed by atoms with Crippen molar-refractivity contribution in [3.63, 3.8) is 0 Å². The minimum absolute atomic E-state index is 0.0550. The van der Waals surface area contributed by atoms with Crippen molar-refractivity contribution in [2.24, 2.45) is 0 Å². The molecule has 0 fully saturated rings. The van der Waals surface area contributed by atoms with Crippen LogP contribution in [0.4, 0.5) is 15.5 Å². The second kappa shape index (κ2) is 10.4. The molecule has 30 heavy (non-hydrogen) atoms. The average molecular weight is 442 g/mol. The summed E-state index contributed by atoms with van der Waals surface area (Å²) in [5.74, 6) is 0.271. The van der Waals surface area contributed by atoms with Crippen LogP contribution in [-0.2, 0) is 9.53 Å². The van der Waals surface area contributed by atoms with Gasteiger partial charge in [0.1, 0.15) is 10.8 Å². The standard InChI is InChI=1S/C21H19N3O4S2/c1-27-21(26)24-20(29)23-19-18(16(13-30-19)14-8-4-2-5-9-14)22-17(25)12-28-15-10-6-3-7-11-15/h2-11,13H,12H2,1H3,(H,22,25)(H2,23,24,26,29). The number of para-hydroxylation sites is 1. The van der Waals surface area contributed by atoms with Crippen molar-refractivity contribution in [2.75, 3.05) is 24.4 Å². The quantitative estimate of drug-likeness (QED) is 0.489. The van der Waals surface area contributed by atoms with Gasteiger partial charge >= 0.3 is 6.09 Å². The number of methoxy groups -OCH3 is 1. The second-order valence-electron chi connectivity index (χ2n) is 5.94. The maximum absolute atomic E-state index is 12.5. The van der Waals surface area contributed by atoms with Crippen molar-refractivity contribution in [3.8, 4) is 16.9 Å². The molecule has 154 valence electrons. The molecule has 2 aromatic carbocycles. The number of hydrogen-bond donors (Lipinski definition) is 3. The molecule has 0 aliphatic rings. The lowest BCUT2D eigenvalue weighted by Gasteiger charge is -2.13. The lowest BCUT2D eigenvalue weighted by molar-refractivity contribution is -0.118. The van der Waals surface area contributed by atoms with Gasteiger partial charge in [-0.1, -0.05) is 48.5 Å². The Kier molecular flexibility index (Phi) is 7.36. The molecule has 3 rings (SSSR count). The van der Waals surface area contributed by atoms with Crippen LogP contribution in [0.25, 0.3) is 11.1 Å². The number of thiophene rings is 1. The van der Waals surface area contributed by atoms with Crippen LogP contribution in [0.1, 0.15) is 0 Å². The number of amides is 2. The van der Waals surface area contributed by atoms with E-state index in [9.17, 15) is 9.59 Å². The molecule has 3 N–H and O–H groups in total. The predicted octanol–water partition coefficient (Wildman–Crippen LogP) is 4.49. The molecule has 0 bridgehead atoms. The van der Waals surface area contributed by atoms with Crippen LogP contribution in [0.3, 0.4) is 0 Å². The van der Waals surface area contributed by atoms with Crippen molar-refractivity contribution < 1.29 is 19.1 Å². The number of alkyl carbamates (subject to hydrolysis) is 1. The molecule has 1 heterocycles. The molecule has 0 radical (unpaired) electrons. The number of benzene rings is 2. The van der Waals surface area contributed by atoms with Crippen LogP contribution in [0.2, 0.25) is 0 Å². The van der Waals surface area contributed by atoms with Gasteiger partial charge in [-0.15, -0.1) is 11.3 Å². The van der Waals surface area contributed by atoms with Gasteiger partial charge in [0, 0.05) is 10.9 Å². The Balaban J connectivity index is 1.78. The predicted molar refractivity (Wildman–Crippen MR) is 122 cm³/mol. The smallest absolute Gasteiger partial charge is 0.413 e. The maximum atomic E-state index is 12.5. The maximum Gasteiger partial charge on any atom is 0.413 e. The van der Waals surface area contributed by atoms with Gasteiger partial charge < -0.3 is 20.1 Å². The highest BCUT2D eigenvalue weighted by atomic mass is 32.1. The number of hydrogen-bond acceptors (Lipinski definition) is 6. The van der Waals surface area contributed by atoms with E-state index in [1.165, 1.54) is 18.4 Å². The number of carbonyl (C=O) groups is 2. The summed E-state index contributed by atoms with van der Waals surface area (Å²) in [6, 6.07) is 18.7. The van der Waals surface area contributed by atoms with Crippen molar-refractivity contribution in [2.45, 2.75) is 0 Å². The van der Waals surface area contributed by atoms with E-state index in [4.69, 9.17) is 17.0 Å². The zero-order chi connectivity index (χ0) is 21.3. The van der Waals surface area contributed by atoms with Gasteiger partial charge in [0.25, 0.3) is 5.91 Å². The summed E-state index contributed by atoms with van der Waals surface area (Å²) in [5.41, 5.74) is 2.28. The van der Waals surface area contributed by atoms with Gasteiger partial charge in [-0.25, -0.2) is 4.79 Å². The Bertz CT molecular complexity index is 1020. The third-order valence-corrected chi connectivity index (χ3v) is 4.98. The van der Waals surface area contributed by atoms with Crippen molar-refractivity contribution in [1.29, 1.82) is 0 Å². The number of ether oxygens (including phenoxy) is 2. The normalized spacial score (nSPS) is 10.0. The van der Waals surface area contributed by atoms with E-state index in [2.05, 4.69) is 20.7 Å². The Hall–Kier alpha value is -3.43. The van der Waals surface area contributed by atoms with E-state index >= 15 is 0 Å². The van der Waals surface area contributed by atoms with Crippen molar-refractivity contribution in [3.05, 3.63) is 66.0 Å². The topological polar surface area (TPSA) is 88.7 Å². The molecule has 0 atom stereocenters. The van der Waals surface area contributed by atoms with E-state index in [0.29, 0.717) is 16.4 Å². The third kappa shape index (κ3) is 5.79. The van der Waals surface area contributed by atoms with Gasteiger partial charge in [0.2, 0.25) is 0 Å². The van der Waals surface area contributed by atoms with Gasteiger partial charge in [0.15, 0.2) is 11.7 Å². The second-order valence-corrected chi connectivity index (χ2v) is 7.23. The van der Waals surface area contributed by atoms with Gasteiger partial charge in [-0.3, -0.25) is 10.1 Å². The molecule has 3 aromatic rings. The summed E-state index contributed by atoms with van der Waals surface area (Å²) < 4.78 is 10.1. The van der Waals surface area contributed by atoms with E-state index < -0.39 is 6.09 Å². The first kappa shape index (κ1) is 21.3. The van der Waals surface area contributed by atoms with Crippen LogP contribution in [0, 0.1) is 0 Å². The van der Waals surface area contributed by atoms with Crippen LogP contribution in [0.15, 0.2) is 66.0 Å². The number of anilines is 2. The molecular weight excluding hydrogens is 422 g/mol. The molecule has 0 saturated heterocycles. The highest BCUT2D eigenvalue weighted by Gasteiger charge is 2.18. The summed E-state index contributed by atoms with van der Waals surface area (Å²) in [7, 11) is 1.25. The average Bonchev–Trinajstić information content (AvgIpc) is 3.15. The fourth-order valence-corrected chi connectivity index (χ4v) is 3.70. The minimum Gasteiger partial charge on any atom is -0.484 e. The largest absolute Gasteiger partial charge is 0.484 e. The summed E-state index contributed by atoms with van der Waals surface area (Å²) in [6.45, 7) is -0.154. The highest BCUT2D eigenvalue weighted by Crippen LogP contribution is 2.40. The molecule has 0 aliphatic heterocycles. The summed E-state index contributed by atoms with van der Waals surface area (Å²) >= 11 is 6.48. The molecule has 0 saturated carbocycles. The summed E-state index contributed by atoms with van der Waals surface area (Å²) in [6.07, 6.45) is -0.686. The number of thiocarbonyl (C=S) groups is 1. The zero-order valence-corrected chi connectivity index (χ0v) is 17.6. The first-order valence-electron chi connectivity index (χ1n) is 8.87. The van der Waals surface area contributed by atoms with Gasteiger partial charge in [0.05, 0.1) is 12.8 Å². The van der Waals surface area contributed by atoms with E-state index in [-0.39, 0.29) is 17.6 Å². The molecule has 0 spiro atoms. The molecule has 2 amide bonds. The summed E-state index contributed by atoms with van der Waals surface area (Å²) in [5, 5.41) is 10.7. The van der Waals surface area contributed by atoms with E-state index in [0.717, 1.165) is 11.1 Å². The Morgan fingerprint density at radius 2 is 1.67 bits per heavy atom. The minimum atomic E-state index is -0.686. The summed E-state index contributed by atoms with van der Waals surface area (Å²) in [4.78, 5) is 23.9. The first-order valence-corrected chi connectivity index (χ1v) is 10.2. The van der Waals surface area contributed by atoms with Crippen LogP contribution >= 0.6 is 23.6 Å². The lowest BCUT2D eigenvalue weighted by atomic mass is 10.1. The van der Waals surface area contributed by atoms with Gasteiger partial charge in [-0.05, 0) is 29.9 Å². The molecule has 0 unspecified atom stereocenters. The van der Waals surface area contributed by atoms with E-state index in [1.54, 1.807) is 12.1 Å². The lowest BCUT2D eigenvalue weighted by Crippen LogP contribution is -2.34. The monoisotopic (exact) mass is 441 g/mol. The molecule has 1 aromatic heterocycles. The third-order valence-electron chi connectivity index (χ3n) is 3.88. The molecule has 7 nitrogen and oxygen atoms in total. The molecule has 0 aliphatic carbocycles. The fourth-order valence-electron chi connectivity index (χ4n) is 2.52. The number of rotatable bonds is 6. The molecule has 9 heteroatoms.